The van der Waals surface area contributed by atoms with Gasteiger partial charge in [-0.25, -0.2) is 9.97 Å². The number of benzene rings is 1. The van der Waals surface area contributed by atoms with Crippen LogP contribution < -0.4 is 5.32 Å². The first-order chi connectivity index (χ1) is 8.58. The van der Waals surface area contributed by atoms with E-state index < -0.39 is 0 Å². The van der Waals surface area contributed by atoms with Crippen molar-refractivity contribution in [2.75, 3.05) is 5.32 Å². The summed E-state index contributed by atoms with van der Waals surface area (Å²) in [6.07, 6.45) is 0.732. The molecule has 94 valence electrons. The molecule has 0 radical (unpaired) electrons. The molecule has 0 unspecified atom stereocenters. The van der Waals surface area contributed by atoms with E-state index in [1.807, 2.05) is 25.1 Å². The lowest BCUT2D eigenvalue weighted by Crippen LogP contribution is -2.00. The molecule has 2 rings (SSSR count). The molecule has 1 aromatic carbocycles. The summed E-state index contributed by atoms with van der Waals surface area (Å²) in [6, 6.07) is 7.44. The number of nitrogens with one attached hydrogen (secondary N) is 1. The summed E-state index contributed by atoms with van der Waals surface area (Å²) in [7, 11) is 0. The first-order valence-electron chi connectivity index (χ1n) is 5.34. The average Bonchev–Trinajstić information content (AvgIpc) is 2.32. The van der Waals surface area contributed by atoms with Crippen molar-refractivity contribution in [1.29, 1.82) is 0 Å². The van der Waals surface area contributed by atoms with Gasteiger partial charge in [-0.1, -0.05) is 30.1 Å². The number of aryl methyl sites for hydroxylation is 1. The second-order valence-electron chi connectivity index (χ2n) is 3.59. The van der Waals surface area contributed by atoms with Crippen LogP contribution in [-0.2, 0) is 6.42 Å². The molecule has 0 saturated heterocycles. The Labute approximate surface area is 129 Å². The maximum Gasteiger partial charge on any atom is 0.135 e. The smallest absolute Gasteiger partial charge is 0.135 e. The highest BCUT2D eigenvalue weighted by molar-refractivity contribution is 14.1. The Kier molecular flexibility index (Phi) is 4.64. The van der Waals surface area contributed by atoms with E-state index in [2.05, 4.69) is 37.9 Å². The van der Waals surface area contributed by atoms with E-state index in [1.165, 1.54) is 0 Å². The lowest BCUT2D eigenvalue weighted by Gasteiger charge is -2.09. The van der Waals surface area contributed by atoms with Gasteiger partial charge in [0.25, 0.3) is 0 Å². The topological polar surface area (TPSA) is 37.8 Å². The van der Waals surface area contributed by atoms with Crippen LogP contribution in [0.5, 0.6) is 0 Å². The van der Waals surface area contributed by atoms with Crippen LogP contribution in [0.4, 0.5) is 11.5 Å². The molecule has 0 bridgehead atoms. The molecule has 0 amide bonds. The fourth-order valence-electron chi connectivity index (χ4n) is 1.42. The van der Waals surface area contributed by atoms with Gasteiger partial charge in [-0.2, -0.15) is 0 Å². The van der Waals surface area contributed by atoms with E-state index >= 15 is 0 Å². The molecule has 18 heavy (non-hydrogen) atoms. The molecule has 0 saturated carbocycles. The van der Waals surface area contributed by atoms with Gasteiger partial charge < -0.3 is 5.32 Å². The molecule has 0 fully saturated rings. The SMILES string of the molecule is CCc1nc(Cl)cc(Nc2ccc(I)cc2Cl)n1. The standard InChI is InChI=1S/C12H10Cl2IN3/c1-2-11-17-10(14)6-12(18-11)16-9-4-3-7(15)5-8(9)13/h3-6H,2H2,1H3,(H,16,17,18). The van der Waals surface area contributed by atoms with Crippen LogP contribution in [0, 0.1) is 3.57 Å². The maximum absolute atomic E-state index is 6.15. The van der Waals surface area contributed by atoms with Crippen LogP contribution in [-0.4, -0.2) is 9.97 Å². The summed E-state index contributed by atoms with van der Waals surface area (Å²) in [5.41, 5.74) is 0.800. The molecular formula is C12H10Cl2IN3. The molecule has 2 aromatic rings. The van der Waals surface area contributed by atoms with E-state index in [9.17, 15) is 0 Å². The van der Waals surface area contributed by atoms with Gasteiger partial charge >= 0.3 is 0 Å². The molecular weight excluding hydrogens is 384 g/mol. The number of halogens is 3. The largest absolute Gasteiger partial charge is 0.339 e. The van der Waals surface area contributed by atoms with E-state index in [-0.39, 0.29) is 0 Å². The summed E-state index contributed by atoms with van der Waals surface area (Å²) in [6.45, 7) is 1.98. The third-order valence-electron chi connectivity index (χ3n) is 2.25. The summed E-state index contributed by atoms with van der Waals surface area (Å²) in [5.74, 6) is 1.35. The van der Waals surface area contributed by atoms with Crippen LogP contribution >= 0.6 is 45.8 Å². The number of hydrogen-bond acceptors (Lipinski definition) is 3. The highest BCUT2D eigenvalue weighted by atomic mass is 127. The number of nitrogens with zero attached hydrogens (tertiary/aromatic N) is 2. The van der Waals surface area contributed by atoms with Crippen molar-refractivity contribution in [2.45, 2.75) is 13.3 Å². The second kappa shape index (κ2) is 6.04. The predicted molar refractivity (Wildman–Crippen MR) is 83.9 cm³/mol. The highest BCUT2D eigenvalue weighted by Gasteiger charge is 2.05. The summed E-state index contributed by atoms with van der Waals surface area (Å²) < 4.78 is 1.08. The van der Waals surface area contributed by atoms with Gasteiger partial charge in [0, 0.05) is 16.1 Å². The third kappa shape index (κ3) is 3.46. The first-order valence-corrected chi connectivity index (χ1v) is 7.17. The Morgan fingerprint density at radius 3 is 2.67 bits per heavy atom. The van der Waals surface area contributed by atoms with Crippen LogP contribution in [0.3, 0.4) is 0 Å². The van der Waals surface area contributed by atoms with Gasteiger partial charge in [-0.3, -0.25) is 0 Å². The van der Waals surface area contributed by atoms with Gasteiger partial charge in [0.05, 0.1) is 10.7 Å². The molecule has 0 spiro atoms. The van der Waals surface area contributed by atoms with Gasteiger partial charge in [-0.05, 0) is 40.8 Å². The molecule has 6 heteroatoms. The maximum atomic E-state index is 6.15. The van der Waals surface area contributed by atoms with E-state index in [4.69, 9.17) is 23.2 Å². The van der Waals surface area contributed by atoms with E-state index in [0.29, 0.717) is 21.8 Å². The van der Waals surface area contributed by atoms with Gasteiger partial charge in [0.15, 0.2) is 0 Å². The Hall–Kier alpha value is -0.590. The second-order valence-corrected chi connectivity index (χ2v) is 5.63. The summed E-state index contributed by atoms with van der Waals surface area (Å²) in [4.78, 5) is 8.45. The van der Waals surface area contributed by atoms with Crippen molar-refractivity contribution in [3.8, 4) is 0 Å². The van der Waals surface area contributed by atoms with Crippen molar-refractivity contribution in [2.24, 2.45) is 0 Å². The van der Waals surface area contributed by atoms with E-state index in [1.54, 1.807) is 6.07 Å². The van der Waals surface area contributed by atoms with Crippen molar-refractivity contribution in [1.82, 2.24) is 9.97 Å². The number of rotatable bonds is 3. The molecule has 0 aliphatic rings. The number of aromatic nitrogens is 2. The van der Waals surface area contributed by atoms with Crippen molar-refractivity contribution >= 4 is 57.3 Å². The minimum atomic E-state index is 0.422. The number of hydrogen-bond donors (Lipinski definition) is 1. The predicted octanol–water partition coefficient (Wildman–Crippen LogP) is 4.69. The fraction of sp³-hybridized carbons (Fsp3) is 0.167. The van der Waals surface area contributed by atoms with Crippen LogP contribution in [0.1, 0.15) is 12.7 Å². The Morgan fingerprint density at radius 2 is 2.00 bits per heavy atom. The van der Waals surface area contributed by atoms with E-state index in [0.717, 1.165) is 15.7 Å². The molecule has 0 aliphatic heterocycles. The molecule has 1 N–H and O–H groups in total. The zero-order chi connectivity index (χ0) is 13.1. The van der Waals surface area contributed by atoms with Crippen LogP contribution in [0.25, 0.3) is 0 Å². The van der Waals surface area contributed by atoms with Gasteiger partial charge in [0.1, 0.15) is 16.8 Å². The van der Waals surface area contributed by atoms with Crippen molar-refractivity contribution in [3.05, 3.63) is 43.8 Å². The highest BCUT2D eigenvalue weighted by Crippen LogP contribution is 2.27. The molecule has 3 nitrogen and oxygen atoms in total. The third-order valence-corrected chi connectivity index (χ3v) is 3.43. The molecule has 0 atom stereocenters. The average molecular weight is 394 g/mol. The monoisotopic (exact) mass is 393 g/mol. The van der Waals surface area contributed by atoms with Crippen molar-refractivity contribution < 1.29 is 0 Å². The van der Waals surface area contributed by atoms with Crippen LogP contribution in [0.2, 0.25) is 10.2 Å². The van der Waals surface area contributed by atoms with Crippen molar-refractivity contribution in [3.63, 3.8) is 0 Å². The van der Waals surface area contributed by atoms with Gasteiger partial charge in [0.2, 0.25) is 0 Å². The quantitative estimate of drug-likeness (QED) is 0.606. The van der Waals surface area contributed by atoms with Gasteiger partial charge in [-0.15, -0.1) is 0 Å². The molecule has 1 heterocycles. The Balaban J connectivity index is 2.30. The summed E-state index contributed by atoms with van der Waals surface area (Å²) >= 11 is 14.3. The lowest BCUT2D eigenvalue weighted by molar-refractivity contribution is 0.943. The minimum absolute atomic E-state index is 0.422. The number of anilines is 2. The fourth-order valence-corrected chi connectivity index (χ4v) is 2.52. The first kappa shape index (κ1) is 13.8. The summed E-state index contributed by atoms with van der Waals surface area (Å²) in [5, 5.41) is 4.21. The zero-order valence-electron chi connectivity index (χ0n) is 9.54. The van der Waals surface area contributed by atoms with Crippen LogP contribution in [0.15, 0.2) is 24.3 Å². The Bertz CT molecular complexity index is 575. The zero-order valence-corrected chi connectivity index (χ0v) is 13.2. The Morgan fingerprint density at radius 1 is 1.22 bits per heavy atom. The lowest BCUT2D eigenvalue weighted by atomic mass is 10.3. The normalized spacial score (nSPS) is 10.4. The molecule has 0 aliphatic carbocycles. The molecule has 1 aromatic heterocycles. The minimum Gasteiger partial charge on any atom is -0.339 e.